The van der Waals surface area contributed by atoms with Crippen molar-refractivity contribution in [2.75, 3.05) is 17.6 Å². The summed E-state index contributed by atoms with van der Waals surface area (Å²) in [4.78, 5) is 8.63. The molecule has 0 atom stereocenters. The third kappa shape index (κ3) is 2.69. The van der Waals surface area contributed by atoms with Gasteiger partial charge in [0.1, 0.15) is 5.52 Å². The largest absolute Gasteiger partial charge is 0.368 e. The summed E-state index contributed by atoms with van der Waals surface area (Å²) in [5.41, 5.74) is 8.35. The number of fused-ring (bicyclic) bond motifs is 1. The number of nitrogen functional groups attached to an aromatic ring is 1. The lowest BCUT2D eigenvalue weighted by atomic mass is 10.1. The summed E-state index contributed by atoms with van der Waals surface area (Å²) < 4.78 is 1.98. The maximum Gasteiger partial charge on any atom is 0.222 e. The Hall–Kier alpha value is -1.85. The van der Waals surface area contributed by atoms with Gasteiger partial charge in [0.15, 0.2) is 11.3 Å². The van der Waals surface area contributed by atoms with Crippen LogP contribution in [0.4, 0.5) is 11.8 Å². The van der Waals surface area contributed by atoms with Gasteiger partial charge in [0.25, 0.3) is 0 Å². The van der Waals surface area contributed by atoms with E-state index in [1.54, 1.807) is 0 Å². The van der Waals surface area contributed by atoms with Gasteiger partial charge in [-0.25, -0.2) is 4.98 Å². The smallest absolute Gasteiger partial charge is 0.222 e. The summed E-state index contributed by atoms with van der Waals surface area (Å²) in [7, 11) is 0. The van der Waals surface area contributed by atoms with Crippen molar-refractivity contribution in [1.82, 2.24) is 19.7 Å². The highest BCUT2D eigenvalue weighted by Crippen LogP contribution is 2.27. The van der Waals surface area contributed by atoms with E-state index < -0.39 is 0 Å². The first kappa shape index (κ1) is 14.6. The number of aromatic nitrogens is 4. The van der Waals surface area contributed by atoms with Crippen LogP contribution in [0, 0.1) is 6.92 Å². The first-order valence-corrected chi connectivity index (χ1v) is 7.11. The van der Waals surface area contributed by atoms with E-state index >= 15 is 0 Å². The van der Waals surface area contributed by atoms with Crippen LogP contribution in [-0.2, 0) is 5.54 Å². The second-order valence-corrected chi connectivity index (χ2v) is 6.08. The van der Waals surface area contributed by atoms with Gasteiger partial charge in [0, 0.05) is 6.54 Å². The minimum Gasteiger partial charge on any atom is -0.368 e. The lowest BCUT2D eigenvalue weighted by Gasteiger charge is -2.20. The van der Waals surface area contributed by atoms with Crippen molar-refractivity contribution < 1.29 is 0 Å². The molecule has 2 rings (SSSR count). The Morgan fingerprint density at radius 3 is 2.50 bits per heavy atom. The molecule has 2 heterocycles. The molecule has 20 heavy (non-hydrogen) atoms. The average Bonchev–Trinajstić information content (AvgIpc) is 2.67. The highest BCUT2D eigenvalue weighted by Gasteiger charge is 2.22. The molecular weight excluding hydrogens is 252 g/mol. The minimum absolute atomic E-state index is 0.0970. The predicted molar refractivity (Wildman–Crippen MR) is 82.9 cm³/mol. The van der Waals surface area contributed by atoms with Gasteiger partial charge in [0.05, 0.1) is 11.2 Å². The summed E-state index contributed by atoms with van der Waals surface area (Å²) in [6.07, 6.45) is 2.22. The van der Waals surface area contributed by atoms with Crippen LogP contribution in [0.25, 0.3) is 11.0 Å². The molecule has 2 aromatic rings. The molecule has 110 valence electrons. The van der Waals surface area contributed by atoms with Gasteiger partial charge >= 0.3 is 0 Å². The average molecular weight is 276 g/mol. The van der Waals surface area contributed by atoms with E-state index in [4.69, 9.17) is 5.73 Å². The highest BCUT2D eigenvalue weighted by molar-refractivity contribution is 5.88. The molecule has 0 saturated heterocycles. The predicted octanol–water partition coefficient (Wildman–Crippen LogP) is 2.68. The third-order valence-corrected chi connectivity index (χ3v) is 3.22. The first-order valence-electron chi connectivity index (χ1n) is 7.11. The number of rotatable bonds is 4. The monoisotopic (exact) mass is 276 g/mol. The molecule has 0 aliphatic heterocycles. The topological polar surface area (TPSA) is 81.6 Å². The Morgan fingerprint density at radius 1 is 1.20 bits per heavy atom. The summed E-state index contributed by atoms with van der Waals surface area (Å²) in [6, 6.07) is 0. The second kappa shape index (κ2) is 5.26. The lowest BCUT2D eigenvalue weighted by Crippen LogP contribution is -2.24. The van der Waals surface area contributed by atoms with Crippen LogP contribution in [0.1, 0.15) is 46.2 Å². The number of nitrogens with one attached hydrogen (secondary N) is 1. The molecule has 0 aliphatic rings. The molecule has 0 aliphatic carbocycles. The molecular formula is C14H24N6. The zero-order valence-corrected chi connectivity index (χ0v) is 13.0. The van der Waals surface area contributed by atoms with E-state index in [0.717, 1.165) is 41.9 Å². The van der Waals surface area contributed by atoms with Gasteiger partial charge in [-0.05, 0) is 34.1 Å². The number of hydrogen-bond donors (Lipinski definition) is 2. The molecule has 3 N–H and O–H groups in total. The van der Waals surface area contributed by atoms with Gasteiger partial charge in [0.2, 0.25) is 5.95 Å². The van der Waals surface area contributed by atoms with Crippen LogP contribution in [0.3, 0.4) is 0 Å². The summed E-state index contributed by atoms with van der Waals surface area (Å²) >= 11 is 0. The van der Waals surface area contributed by atoms with Crippen molar-refractivity contribution >= 4 is 22.8 Å². The number of unbranched alkanes of at least 4 members (excludes halogenated alkanes) is 1. The molecule has 0 aromatic carbocycles. The molecule has 0 spiro atoms. The molecule has 0 fully saturated rings. The fraction of sp³-hybridized carbons (Fsp3) is 0.643. The van der Waals surface area contributed by atoms with Crippen molar-refractivity contribution in [2.45, 2.75) is 53.0 Å². The zero-order valence-electron chi connectivity index (χ0n) is 13.0. The maximum atomic E-state index is 5.82. The van der Waals surface area contributed by atoms with E-state index in [1.165, 1.54) is 0 Å². The molecule has 6 nitrogen and oxygen atoms in total. The van der Waals surface area contributed by atoms with E-state index in [2.05, 4.69) is 48.1 Å². The van der Waals surface area contributed by atoms with Crippen LogP contribution in [0.2, 0.25) is 0 Å². The van der Waals surface area contributed by atoms with Gasteiger partial charge in [-0.1, -0.05) is 13.3 Å². The number of hydrogen-bond acceptors (Lipinski definition) is 5. The Morgan fingerprint density at radius 2 is 1.90 bits per heavy atom. The van der Waals surface area contributed by atoms with Crippen molar-refractivity contribution in [1.29, 1.82) is 0 Å². The van der Waals surface area contributed by atoms with Crippen LogP contribution >= 0.6 is 0 Å². The number of nitrogens with two attached hydrogens (primary N) is 1. The maximum absolute atomic E-state index is 5.82. The van der Waals surface area contributed by atoms with Gasteiger partial charge in [-0.3, -0.25) is 4.68 Å². The third-order valence-electron chi connectivity index (χ3n) is 3.22. The fourth-order valence-corrected chi connectivity index (χ4v) is 2.25. The number of aryl methyl sites for hydroxylation is 1. The van der Waals surface area contributed by atoms with Gasteiger partial charge in [-0.15, -0.1) is 0 Å². The van der Waals surface area contributed by atoms with Crippen LogP contribution < -0.4 is 11.1 Å². The van der Waals surface area contributed by atoms with Crippen molar-refractivity contribution in [3.05, 3.63) is 5.69 Å². The molecule has 0 amide bonds. The van der Waals surface area contributed by atoms with Crippen molar-refractivity contribution in [3.8, 4) is 0 Å². The summed E-state index contributed by atoms with van der Waals surface area (Å²) in [5.74, 6) is 1.01. The normalized spacial score (nSPS) is 12.1. The Balaban J connectivity index is 2.53. The minimum atomic E-state index is -0.0970. The lowest BCUT2D eigenvalue weighted by molar-refractivity contribution is 0.350. The highest BCUT2D eigenvalue weighted by atomic mass is 15.3. The number of anilines is 2. The van der Waals surface area contributed by atoms with Gasteiger partial charge < -0.3 is 11.1 Å². The molecule has 0 radical (unpaired) electrons. The molecule has 0 bridgehead atoms. The Kier molecular flexibility index (Phi) is 3.83. The van der Waals surface area contributed by atoms with Crippen LogP contribution in [0.5, 0.6) is 0 Å². The Bertz CT molecular complexity index is 608. The Labute approximate surface area is 119 Å². The van der Waals surface area contributed by atoms with E-state index in [0.29, 0.717) is 0 Å². The molecule has 0 saturated carbocycles. The van der Waals surface area contributed by atoms with E-state index in [9.17, 15) is 0 Å². The standard InChI is InChI=1S/C14H24N6/c1-6-7-8-16-12-11-10(17-13(15)18-12)9(2)20(19-11)14(3,4)5/h6-8H2,1-5H3,(H3,15,16,17,18). The van der Waals surface area contributed by atoms with Crippen molar-refractivity contribution in [3.63, 3.8) is 0 Å². The van der Waals surface area contributed by atoms with E-state index in [-0.39, 0.29) is 11.5 Å². The van der Waals surface area contributed by atoms with Crippen LogP contribution in [-0.4, -0.2) is 26.3 Å². The molecule has 2 aromatic heterocycles. The molecule has 6 heteroatoms. The van der Waals surface area contributed by atoms with Gasteiger partial charge in [-0.2, -0.15) is 10.1 Å². The molecule has 0 unspecified atom stereocenters. The van der Waals surface area contributed by atoms with E-state index in [1.807, 2.05) is 11.6 Å². The quantitative estimate of drug-likeness (QED) is 0.839. The van der Waals surface area contributed by atoms with Crippen LogP contribution in [0.15, 0.2) is 0 Å². The fourth-order valence-electron chi connectivity index (χ4n) is 2.25. The first-order chi connectivity index (χ1) is 9.34. The summed E-state index contributed by atoms with van der Waals surface area (Å²) in [6.45, 7) is 11.4. The van der Waals surface area contributed by atoms with Crippen molar-refractivity contribution in [2.24, 2.45) is 0 Å². The second-order valence-electron chi connectivity index (χ2n) is 6.08. The zero-order chi connectivity index (χ0) is 14.9. The number of nitrogens with zero attached hydrogens (tertiary/aromatic N) is 4. The summed E-state index contributed by atoms with van der Waals surface area (Å²) in [5, 5.41) is 7.99. The SMILES string of the molecule is CCCCNc1nc(N)nc2c(C)n(C(C)(C)C)nc12.